The second-order valence-corrected chi connectivity index (χ2v) is 9.06. The molecule has 5 nitrogen and oxygen atoms in total. The summed E-state index contributed by atoms with van der Waals surface area (Å²) in [4.78, 5) is 5.67. The summed E-state index contributed by atoms with van der Waals surface area (Å²) < 4.78 is 9.06. The maximum Gasteiger partial charge on any atom is 0.154 e. The summed E-state index contributed by atoms with van der Waals surface area (Å²) in [5.41, 5.74) is 5.33. The molecule has 0 unspecified atom stereocenters. The van der Waals surface area contributed by atoms with Crippen molar-refractivity contribution in [1.29, 1.82) is 0 Å². The second-order valence-electron chi connectivity index (χ2n) is 8.01. The molecule has 1 N–H and O–H groups in total. The largest absolute Gasteiger partial charge is 0.490 e. The number of anilines is 2. The maximum absolute atomic E-state index is 6.01. The van der Waals surface area contributed by atoms with E-state index in [1.807, 2.05) is 48.8 Å². The quantitative estimate of drug-likeness (QED) is 0.336. The fraction of sp³-hybridized carbons (Fsp3) is 0.200. The lowest BCUT2D eigenvalue weighted by atomic mass is 10.1. The first kappa shape index (κ1) is 19.6. The molecule has 0 atom stereocenters. The Morgan fingerprint density at radius 3 is 2.68 bits per heavy atom. The van der Waals surface area contributed by atoms with Crippen molar-refractivity contribution in [2.75, 3.05) is 5.32 Å². The molecule has 0 saturated carbocycles. The van der Waals surface area contributed by atoms with Crippen LogP contribution in [0.3, 0.4) is 0 Å². The van der Waals surface area contributed by atoms with Gasteiger partial charge in [0.1, 0.15) is 11.4 Å². The molecule has 0 bridgehead atoms. The van der Waals surface area contributed by atoms with Gasteiger partial charge < -0.3 is 10.1 Å². The Labute approximate surface area is 185 Å². The van der Waals surface area contributed by atoms with Crippen LogP contribution in [-0.2, 0) is 0 Å². The van der Waals surface area contributed by atoms with Crippen LogP contribution in [0, 0.1) is 13.8 Å². The lowest BCUT2D eigenvalue weighted by Gasteiger charge is -2.10. The molecule has 31 heavy (non-hydrogen) atoms. The smallest absolute Gasteiger partial charge is 0.154 e. The van der Waals surface area contributed by atoms with E-state index < -0.39 is 0 Å². The third kappa shape index (κ3) is 3.75. The summed E-state index contributed by atoms with van der Waals surface area (Å²) in [7, 11) is 0. The molecule has 0 aliphatic carbocycles. The monoisotopic (exact) mass is 428 g/mol. The summed E-state index contributed by atoms with van der Waals surface area (Å²) in [6.07, 6.45) is 2.02. The van der Waals surface area contributed by atoms with Crippen molar-refractivity contribution in [3.8, 4) is 16.3 Å². The van der Waals surface area contributed by atoms with E-state index in [1.165, 1.54) is 11.1 Å². The number of hydrogen-bond donors (Lipinski definition) is 1. The Balaban J connectivity index is 1.54. The Bertz CT molecular complexity index is 1400. The van der Waals surface area contributed by atoms with Crippen LogP contribution in [0.1, 0.15) is 25.0 Å². The molecule has 2 aromatic carbocycles. The minimum Gasteiger partial charge on any atom is -0.490 e. The van der Waals surface area contributed by atoms with Gasteiger partial charge in [0.15, 0.2) is 11.5 Å². The van der Waals surface area contributed by atoms with Gasteiger partial charge in [0.2, 0.25) is 0 Å². The highest BCUT2D eigenvalue weighted by Crippen LogP contribution is 2.39. The van der Waals surface area contributed by atoms with E-state index in [0.717, 1.165) is 43.6 Å². The summed E-state index contributed by atoms with van der Waals surface area (Å²) in [6.45, 7) is 8.32. The Kier molecular flexibility index (Phi) is 4.87. The standard InChI is InChI=1S/C25H24N4OS/c1-15(2)30-21-7-5-6-18-13-22(31-25(18)21)20-14-26-24-11-10-23(28-29(20)24)27-19-9-8-16(3)17(4)12-19/h5-15H,1-4H3,(H,27,28). The molecule has 0 spiro atoms. The fourth-order valence-corrected chi connectivity index (χ4v) is 4.70. The summed E-state index contributed by atoms with van der Waals surface area (Å²) in [6, 6.07) is 18.6. The van der Waals surface area contributed by atoms with Gasteiger partial charge in [-0.1, -0.05) is 18.2 Å². The molecule has 0 saturated heterocycles. The molecule has 6 heteroatoms. The molecule has 0 aliphatic heterocycles. The van der Waals surface area contributed by atoms with Crippen molar-refractivity contribution in [2.45, 2.75) is 33.8 Å². The average Bonchev–Trinajstić information content (AvgIpc) is 3.34. The van der Waals surface area contributed by atoms with Crippen molar-refractivity contribution in [1.82, 2.24) is 14.6 Å². The van der Waals surface area contributed by atoms with Crippen molar-refractivity contribution in [3.05, 3.63) is 71.9 Å². The van der Waals surface area contributed by atoms with E-state index in [-0.39, 0.29) is 6.10 Å². The zero-order chi connectivity index (χ0) is 21.5. The zero-order valence-electron chi connectivity index (χ0n) is 18.0. The number of imidazole rings is 1. The molecule has 0 radical (unpaired) electrons. The molecule has 5 aromatic rings. The summed E-state index contributed by atoms with van der Waals surface area (Å²) in [5.74, 6) is 1.70. The van der Waals surface area contributed by atoms with Gasteiger partial charge in [-0.3, -0.25) is 0 Å². The van der Waals surface area contributed by atoms with Crippen LogP contribution in [-0.4, -0.2) is 20.7 Å². The van der Waals surface area contributed by atoms with Crippen LogP contribution in [0.4, 0.5) is 11.5 Å². The van der Waals surface area contributed by atoms with Crippen LogP contribution < -0.4 is 10.1 Å². The number of fused-ring (bicyclic) bond motifs is 2. The molecule has 0 amide bonds. The van der Waals surface area contributed by atoms with Gasteiger partial charge in [0.05, 0.1) is 21.9 Å². The van der Waals surface area contributed by atoms with Gasteiger partial charge in [-0.15, -0.1) is 16.4 Å². The molecular formula is C25H24N4OS. The highest BCUT2D eigenvalue weighted by Gasteiger charge is 2.14. The number of aryl methyl sites for hydroxylation is 2. The molecule has 3 aromatic heterocycles. The zero-order valence-corrected chi connectivity index (χ0v) is 18.8. The van der Waals surface area contributed by atoms with Crippen LogP contribution >= 0.6 is 11.3 Å². The summed E-state index contributed by atoms with van der Waals surface area (Å²) >= 11 is 1.71. The van der Waals surface area contributed by atoms with Gasteiger partial charge in [-0.05, 0) is 80.6 Å². The third-order valence-corrected chi connectivity index (χ3v) is 6.45. The number of nitrogens with zero attached hydrogens (tertiary/aromatic N) is 3. The van der Waals surface area contributed by atoms with Crippen molar-refractivity contribution in [2.24, 2.45) is 0 Å². The lowest BCUT2D eigenvalue weighted by Crippen LogP contribution is -2.05. The highest BCUT2D eigenvalue weighted by atomic mass is 32.1. The average molecular weight is 429 g/mol. The topological polar surface area (TPSA) is 51.5 Å². The molecule has 0 aliphatic rings. The van der Waals surface area contributed by atoms with Crippen molar-refractivity contribution in [3.63, 3.8) is 0 Å². The van der Waals surface area contributed by atoms with E-state index in [4.69, 9.17) is 9.84 Å². The number of aromatic nitrogens is 3. The number of nitrogens with one attached hydrogen (secondary N) is 1. The molecule has 0 fully saturated rings. The van der Waals surface area contributed by atoms with Gasteiger partial charge in [0, 0.05) is 5.69 Å². The minimum absolute atomic E-state index is 0.132. The molecule has 3 heterocycles. The van der Waals surface area contributed by atoms with E-state index in [9.17, 15) is 0 Å². The van der Waals surface area contributed by atoms with Crippen LogP contribution in [0.5, 0.6) is 5.75 Å². The second kappa shape index (κ2) is 7.71. The molecular weight excluding hydrogens is 404 g/mol. The third-order valence-electron chi connectivity index (χ3n) is 5.26. The fourth-order valence-electron chi connectivity index (χ4n) is 3.58. The van der Waals surface area contributed by atoms with Gasteiger partial charge >= 0.3 is 0 Å². The van der Waals surface area contributed by atoms with E-state index in [2.05, 4.69) is 54.5 Å². The van der Waals surface area contributed by atoms with E-state index in [0.29, 0.717) is 0 Å². The number of hydrogen-bond acceptors (Lipinski definition) is 5. The number of rotatable bonds is 5. The Morgan fingerprint density at radius 1 is 1.00 bits per heavy atom. The number of benzene rings is 2. The van der Waals surface area contributed by atoms with Gasteiger partial charge in [-0.25, -0.2) is 9.50 Å². The number of ether oxygens (including phenoxy) is 1. The van der Waals surface area contributed by atoms with Crippen molar-refractivity contribution < 1.29 is 4.74 Å². The minimum atomic E-state index is 0.132. The normalized spacial score (nSPS) is 11.5. The van der Waals surface area contributed by atoms with Crippen LogP contribution in [0.25, 0.3) is 26.3 Å². The first-order valence-corrected chi connectivity index (χ1v) is 11.2. The lowest BCUT2D eigenvalue weighted by molar-refractivity contribution is 0.246. The molecule has 156 valence electrons. The SMILES string of the molecule is Cc1ccc(Nc2ccc3ncc(-c4cc5cccc(OC(C)C)c5s4)n3n2)cc1C. The van der Waals surface area contributed by atoms with E-state index >= 15 is 0 Å². The van der Waals surface area contributed by atoms with E-state index in [1.54, 1.807) is 11.3 Å². The maximum atomic E-state index is 6.01. The van der Waals surface area contributed by atoms with Gasteiger partial charge in [-0.2, -0.15) is 0 Å². The Hall–Kier alpha value is -3.38. The first-order chi connectivity index (χ1) is 15.0. The Morgan fingerprint density at radius 2 is 1.87 bits per heavy atom. The highest BCUT2D eigenvalue weighted by molar-refractivity contribution is 7.22. The summed E-state index contributed by atoms with van der Waals surface area (Å²) in [5, 5.41) is 9.40. The van der Waals surface area contributed by atoms with Crippen LogP contribution in [0.15, 0.2) is 60.8 Å². The predicted octanol–water partition coefficient (Wildman–Crippen LogP) is 6.76. The molecule has 5 rings (SSSR count). The first-order valence-electron chi connectivity index (χ1n) is 10.4. The van der Waals surface area contributed by atoms with Crippen molar-refractivity contribution >= 4 is 38.6 Å². The van der Waals surface area contributed by atoms with Crippen LogP contribution in [0.2, 0.25) is 0 Å². The predicted molar refractivity (Wildman–Crippen MR) is 129 cm³/mol. The number of thiophene rings is 1. The van der Waals surface area contributed by atoms with Gasteiger partial charge in [0.25, 0.3) is 0 Å².